The molecule has 0 aromatic heterocycles. The van der Waals surface area contributed by atoms with Crippen LogP contribution in [0.5, 0.6) is 0 Å². The number of carbonyl (C=O) groups is 1. The van der Waals surface area contributed by atoms with Crippen LogP contribution in [0.2, 0.25) is 0 Å². The van der Waals surface area contributed by atoms with Gasteiger partial charge in [0.2, 0.25) is 5.91 Å². The van der Waals surface area contributed by atoms with Crippen molar-refractivity contribution >= 4 is 21.8 Å². The van der Waals surface area contributed by atoms with Crippen LogP contribution in [-0.4, -0.2) is 17.6 Å². The third kappa shape index (κ3) is 4.80. The number of hydrogen-bond donors (Lipinski definition) is 2. The van der Waals surface area contributed by atoms with Crippen molar-refractivity contribution in [3.63, 3.8) is 0 Å². The maximum Gasteiger partial charge on any atom is 0.244 e. The van der Waals surface area contributed by atoms with Gasteiger partial charge < -0.3 is 10.4 Å². The highest BCUT2D eigenvalue weighted by atomic mass is 79.9. The fourth-order valence-electron chi connectivity index (χ4n) is 1.74. The van der Waals surface area contributed by atoms with E-state index in [1.54, 1.807) is 0 Å². The third-order valence-corrected chi connectivity index (χ3v) is 3.47. The zero-order chi connectivity index (χ0) is 14.5. The Balaban J connectivity index is 2.78. The van der Waals surface area contributed by atoms with Crippen LogP contribution in [0.15, 0.2) is 40.4 Å². The topological polar surface area (TPSA) is 49.3 Å². The molecular weight excluding hydrogens is 306 g/mol. The predicted octanol–water partition coefficient (Wildman–Crippen LogP) is 3.13. The Kier molecular flexibility index (Phi) is 5.76. The first-order chi connectivity index (χ1) is 8.87. The number of halogens is 1. The smallest absolute Gasteiger partial charge is 0.244 e. The van der Waals surface area contributed by atoms with E-state index < -0.39 is 5.60 Å². The second-order valence-electron chi connectivity index (χ2n) is 4.83. The van der Waals surface area contributed by atoms with Crippen LogP contribution in [0.1, 0.15) is 32.8 Å². The molecule has 0 aliphatic rings. The average Bonchev–Trinajstić information content (AvgIpc) is 2.36. The van der Waals surface area contributed by atoms with Gasteiger partial charge in [-0.3, -0.25) is 4.79 Å². The first-order valence-corrected chi connectivity index (χ1v) is 7.08. The van der Waals surface area contributed by atoms with Gasteiger partial charge in [-0.2, -0.15) is 0 Å². The lowest BCUT2D eigenvalue weighted by molar-refractivity contribution is -0.117. The molecule has 1 aromatic rings. The number of hydrogen-bond acceptors (Lipinski definition) is 2. The van der Waals surface area contributed by atoms with Gasteiger partial charge in [0.1, 0.15) is 5.60 Å². The summed E-state index contributed by atoms with van der Waals surface area (Å²) in [4.78, 5) is 11.6. The van der Waals surface area contributed by atoms with Gasteiger partial charge in [-0.15, -0.1) is 0 Å². The summed E-state index contributed by atoms with van der Waals surface area (Å²) in [5.74, 6) is -0.177. The van der Waals surface area contributed by atoms with Gasteiger partial charge in [0, 0.05) is 10.5 Å². The summed E-state index contributed by atoms with van der Waals surface area (Å²) in [5.41, 5.74) is 0.697. The maximum absolute atomic E-state index is 11.6. The number of allylic oxidation sites excluding steroid dienone is 1. The van der Waals surface area contributed by atoms with Crippen molar-refractivity contribution in [2.75, 3.05) is 6.54 Å². The van der Waals surface area contributed by atoms with E-state index in [1.165, 1.54) is 6.08 Å². The van der Waals surface area contributed by atoms with E-state index in [-0.39, 0.29) is 12.5 Å². The largest absolute Gasteiger partial charge is 0.383 e. The minimum atomic E-state index is -1.04. The summed E-state index contributed by atoms with van der Waals surface area (Å²) in [6.07, 6.45) is 2.06. The molecule has 0 heterocycles. The molecule has 3 nitrogen and oxygen atoms in total. The van der Waals surface area contributed by atoms with Crippen molar-refractivity contribution in [3.05, 3.63) is 46.0 Å². The lowest BCUT2D eigenvalue weighted by Crippen LogP contribution is -2.39. The van der Waals surface area contributed by atoms with Gasteiger partial charge in [-0.1, -0.05) is 40.6 Å². The van der Waals surface area contributed by atoms with Crippen LogP contribution in [0, 0.1) is 0 Å². The molecule has 0 bridgehead atoms. The van der Waals surface area contributed by atoms with Gasteiger partial charge in [0.15, 0.2) is 0 Å². The van der Waals surface area contributed by atoms with Crippen LogP contribution >= 0.6 is 15.9 Å². The van der Waals surface area contributed by atoms with Gasteiger partial charge in [0.25, 0.3) is 0 Å². The monoisotopic (exact) mass is 325 g/mol. The molecule has 0 aliphatic heterocycles. The zero-order valence-corrected chi connectivity index (χ0v) is 13.1. The highest BCUT2D eigenvalue weighted by Gasteiger charge is 2.27. The third-order valence-electron chi connectivity index (χ3n) is 2.94. The standard InChI is InChI=1S/C15H20BrNO2/c1-4-15(19,10-17-14(18)9-11(2)3)12-5-7-13(16)8-6-12/h5-9,19H,4,10H2,1-3H3,(H,17,18). The number of aliphatic hydroxyl groups is 1. The number of benzene rings is 1. The molecule has 1 aromatic carbocycles. The van der Waals surface area contributed by atoms with E-state index in [9.17, 15) is 9.90 Å². The Morgan fingerprint density at radius 2 is 1.95 bits per heavy atom. The minimum Gasteiger partial charge on any atom is -0.383 e. The summed E-state index contributed by atoms with van der Waals surface area (Å²) >= 11 is 3.36. The van der Waals surface area contributed by atoms with Crippen LogP contribution in [-0.2, 0) is 10.4 Å². The molecule has 19 heavy (non-hydrogen) atoms. The van der Waals surface area contributed by atoms with Crippen molar-refractivity contribution in [2.45, 2.75) is 32.8 Å². The molecule has 1 amide bonds. The molecule has 104 valence electrons. The molecule has 2 N–H and O–H groups in total. The predicted molar refractivity (Wildman–Crippen MR) is 80.8 cm³/mol. The van der Waals surface area contributed by atoms with Gasteiger partial charge in [0.05, 0.1) is 6.54 Å². The van der Waals surface area contributed by atoms with E-state index >= 15 is 0 Å². The molecule has 0 fully saturated rings. The summed E-state index contributed by atoms with van der Waals surface area (Å²) < 4.78 is 0.961. The summed E-state index contributed by atoms with van der Waals surface area (Å²) in [6.45, 7) is 5.82. The first-order valence-electron chi connectivity index (χ1n) is 6.28. The Hall–Kier alpha value is -1.13. The van der Waals surface area contributed by atoms with Crippen molar-refractivity contribution in [2.24, 2.45) is 0 Å². The average molecular weight is 326 g/mol. The number of carbonyl (C=O) groups excluding carboxylic acids is 1. The molecule has 0 saturated carbocycles. The molecule has 0 spiro atoms. The maximum atomic E-state index is 11.6. The molecular formula is C15H20BrNO2. The van der Waals surface area contributed by atoms with Crippen LogP contribution in [0.4, 0.5) is 0 Å². The van der Waals surface area contributed by atoms with E-state index in [0.29, 0.717) is 6.42 Å². The molecule has 1 rings (SSSR count). The van der Waals surface area contributed by atoms with Gasteiger partial charge in [-0.25, -0.2) is 0 Å². The number of nitrogens with one attached hydrogen (secondary N) is 1. The van der Waals surface area contributed by atoms with E-state index in [2.05, 4.69) is 21.2 Å². The van der Waals surface area contributed by atoms with Crippen molar-refractivity contribution in [3.8, 4) is 0 Å². The van der Waals surface area contributed by atoms with Crippen LogP contribution < -0.4 is 5.32 Å². The van der Waals surface area contributed by atoms with Crippen LogP contribution in [0.3, 0.4) is 0 Å². The zero-order valence-electron chi connectivity index (χ0n) is 11.5. The van der Waals surface area contributed by atoms with E-state index in [0.717, 1.165) is 15.6 Å². The highest BCUT2D eigenvalue weighted by Crippen LogP contribution is 2.25. The summed E-state index contributed by atoms with van der Waals surface area (Å²) in [7, 11) is 0. The van der Waals surface area contributed by atoms with Gasteiger partial charge in [-0.05, 0) is 38.0 Å². The quantitative estimate of drug-likeness (QED) is 0.817. The second kappa shape index (κ2) is 6.87. The Morgan fingerprint density at radius 1 is 1.37 bits per heavy atom. The minimum absolute atomic E-state index is 0.177. The SMILES string of the molecule is CCC(O)(CNC(=O)C=C(C)C)c1ccc(Br)cc1. The first kappa shape index (κ1) is 15.9. The molecule has 0 aliphatic carbocycles. The van der Waals surface area contributed by atoms with Gasteiger partial charge >= 0.3 is 0 Å². The summed E-state index contributed by atoms with van der Waals surface area (Å²) in [6, 6.07) is 7.49. The second-order valence-corrected chi connectivity index (χ2v) is 5.75. The normalized spacial score (nSPS) is 13.5. The molecule has 1 unspecified atom stereocenters. The molecule has 0 saturated heterocycles. The Morgan fingerprint density at radius 3 is 2.42 bits per heavy atom. The van der Waals surface area contributed by atoms with Crippen LogP contribution in [0.25, 0.3) is 0 Å². The Bertz CT molecular complexity index is 464. The Labute approximate surface area is 122 Å². The molecule has 1 atom stereocenters. The lowest BCUT2D eigenvalue weighted by atomic mass is 9.91. The summed E-state index contributed by atoms with van der Waals surface area (Å²) in [5, 5.41) is 13.4. The molecule has 0 radical (unpaired) electrons. The van der Waals surface area contributed by atoms with E-state index in [4.69, 9.17) is 0 Å². The number of rotatable bonds is 5. The fourth-order valence-corrected chi connectivity index (χ4v) is 2.00. The highest BCUT2D eigenvalue weighted by molar-refractivity contribution is 9.10. The van der Waals surface area contributed by atoms with Crippen molar-refractivity contribution in [1.29, 1.82) is 0 Å². The number of amides is 1. The van der Waals surface area contributed by atoms with Crippen molar-refractivity contribution in [1.82, 2.24) is 5.32 Å². The van der Waals surface area contributed by atoms with E-state index in [1.807, 2.05) is 45.0 Å². The fraction of sp³-hybridized carbons (Fsp3) is 0.400. The lowest BCUT2D eigenvalue weighted by Gasteiger charge is -2.27. The van der Waals surface area contributed by atoms with Crippen molar-refractivity contribution < 1.29 is 9.90 Å². The molecule has 4 heteroatoms.